The lowest BCUT2D eigenvalue weighted by atomic mass is 9.98. The zero-order valence-corrected chi connectivity index (χ0v) is 16.5. The Labute approximate surface area is 153 Å². The molecule has 3 nitrogen and oxygen atoms in total. The van der Waals surface area contributed by atoms with Gasteiger partial charge in [0.05, 0.1) is 6.61 Å². The summed E-state index contributed by atoms with van der Waals surface area (Å²) in [5.74, 6) is 0.285. The number of amides is 1. The molecule has 0 spiro atoms. The number of para-hydroxylation sites is 1. The predicted octanol–water partition coefficient (Wildman–Crippen LogP) is 6.47. The molecule has 0 saturated heterocycles. The maximum Gasteiger partial charge on any atom is 0.411 e. The summed E-state index contributed by atoms with van der Waals surface area (Å²) < 4.78 is 5.27. The molecular formula is C22H33NO2. The van der Waals surface area contributed by atoms with Crippen LogP contribution in [0.1, 0.15) is 45.7 Å². The molecule has 25 heavy (non-hydrogen) atoms. The van der Waals surface area contributed by atoms with Crippen LogP contribution in [0, 0.1) is 12.8 Å². The first-order chi connectivity index (χ1) is 12.1. The molecule has 3 heteroatoms. The molecule has 0 radical (unpaired) electrons. The van der Waals surface area contributed by atoms with Gasteiger partial charge in [-0.2, -0.15) is 0 Å². The third-order valence-electron chi connectivity index (χ3n) is 3.35. The largest absolute Gasteiger partial charge is 0.449 e. The highest BCUT2D eigenvalue weighted by Gasteiger charge is 2.09. The average molecular weight is 344 g/mol. The molecule has 0 fully saturated rings. The highest BCUT2D eigenvalue weighted by Crippen LogP contribution is 2.13. The van der Waals surface area contributed by atoms with E-state index in [1.807, 2.05) is 70.2 Å². The van der Waals surface area contributed by atoms with Gasteiger partial charge in [0.1, 0.15) is 0 Å². The van der Waals surface area contributed by atoms with E-state index in [4.69, 9.17) is 4.74 Å². The number of aryl methyl sites for hydroxylation is 1. The van der Waals surface area contributed by atoms with Crippen molar-refractivity contribution in [3.05, 3.63) is 65.7 Å². The number of hydrogen-bond donors (Lipinski definition) is 1. The minimum absolute atomic E-state index is 0.285. The Morgan fingerprint density at radius 1 is 0.960 bits per heavy atom. The van der Waals surface area contributed by atoms with Crippen LogP contribution in [0.4, 0.5) is 10.5 Å². The van der Waals surface area contributed by atoms with Crippen LogP contribution in [0.2, 0.25) is 0 Å². The molecule has 0 bridgehead atoms. The molecule has 0 saturated carbocycles. The highest BCUT2D eigenvalue weighted by molar-refractivity contribution is 5.84. The number of carbonyl (C=O) groups is 1. The number of anilines is 1. The van der Waals surface area contributed by atoms with Gasteiger partial charge in [-0.15, -0.1) is 0 Å². The van der Waals surface area contributed by atoms with E-state index in [1.54, 1.807) is 0 Å². The van der Waals surface area contributed by atoms with Gasteiger partial charge in [-0.05, 0) is 42.5 Å². The van der Waals surface area contributed by atoms with E-state index in [9.17, 15) is 4.79 Å². The Morgan fingerprint density at radius 3 is 2.12 bits per heavy atom. The lowest BCUT2D eigenvalue weighted by Crippen LogP contribution is -2.18. The smallest absolute Gasteiger partial charge is 0.411 e. The van der Waals surface area contributed by atoms with Crippen molar-refractivity contribution in [1.29, 1.82) is 0 Å². The normalized spacial score (nSPS) is 10.3. The molecule has 0 aliphatic carbocycles. The highest BCUT2D eigenvalue weighted by atomic mass is 16.5. The molecule has 0 aliphatic heterocycles. The first kappa shape index (κ1) is 22.7. The Bertz CT molecular complexity index is 582. The minimum Gasteiger partial charge on any atom is -0.449 e. The van der Waals surface area contributed by atoms with E-state index in [-0.39, 0.29) is 5.92 Å². The van der Waals surface area contributed by atoms with Gasteiger partial charge >= 0.3 is 6.09 Å². The van der Waals surface area contributed by atoms with E-state index in [2.05, 4.69) is 31.3 Å². The van der Waals surface area contributed by atoms with Crippen molar-refractivity contribution in [2.75, 3.05) is 11.9 Å². The second-order valence-electron chi connectivity index (χ2n) is 5.33. The number of benzene rings is 2. The summed E-state index contributed by atoms with van der Waals surface area (Å²) in [7, 11) is 0. The molecule has 138 valence electrons. The van der Waals surface area contributed by atoms with E-state index in [0.29, 0.717) is 6.61 Å². The van der Waals surface area contributed by atoms with Crippen molar-refractivity contribution >= 4 is 11.8 Å². The van der Waals surface area contributed by atoms with E-state index < -0.39 is 6.09 Å². The van der Waals surface area contributed by atoms with Gasteiger partial charge in [0.15, 0.2) is 0 Å². The van der Waals surface area contributed by atoms with Crippen LogP contribution in [0.15, 0.2) is 54.6 Å². The SMILES string of the molecule is CC.CC.Cc1ccccc1CC(C)COC(=O)Nc1ccccc1. The first-order valence-electron chi connectivity index (χ1n) is 9.18. The molecule has 0 aliphatic rings. The minimum atomic E-state index is -0.405. The van der Waals surface area contributed by atoms with Gasteiger partial charge in [0, 0.05) is 5.69 Å². The van der Waals surface area contributed by atoms with Crippen molar-refractivity contribution in [3.8, 4) is 0 Å². The van der Waals surface area contributed by atoms with Gasteiger partial charge in [-0.3, -0.25) is 5.32 Å². The number of nitrogens with one attached hydrogen (secondary N) is 1. The summed E-state index contributed by atoms with van der Waals surface area (Å²) in [6.45, 7) is 12.6. The van der Waals surface area contributed by atoms with E-state index >= 15 is 0 Å². The Hall–Kier alpha value is -2.29. The van der Waals surface area contributed by atoms with Crippen LogP contribution in [0.3, 0.4) is 0 Å². The van der Waals surface area contributed by atoms with Crippen molar-refractivity contribution in [3.63, 3.8) is 0 Å². The summed E-state index contributed by atoms with van der Waals surface area (Å²) in [5, 5.41) is 2.71. The summed E-state index contributed by atoms with van der Waals surface area (Å²) >= 11 is 0. The summed E-state index contributed by atoms with van der Waals surface area (Å²) in [5.41, 5.74) is 3.32. The van der Waals surface area contributed by atoms with Crippen LogP contribution in [-0.4, -0.2) is 12.7 Å². The fourth-order valence-corrected chi connectivity index (χ4v) is 2.17. The Morgan fingerprint density at radius 2 is 1.52 bits per heavy atom. The molecule has 2 aromatic carbocycles. The predicted molar refractivity (Wildman–Crippen MR) is 108 cm³/mol. The van der Waals surface area contributed by atoms with E-state index in [0.717, 1.165) is 12.1 Å². The Kier molecular flexibility index (Phi) is 12.8. The zero-order valence-electron chi connectivity index (χ0n) is 16.5. The molecule has 0 aromatic heterocycles. The lowest BCUT2D eigenvalue weighted by molar-refractivity contribution is 0.144. The molecule has 2 aromatic rings. The van der Waals surface area contributed by atoms with Crippen LogP contribution in [0.25, 0.3) is 0 Å². The average Bonchev–Trinajstić information content (AvgIpc) is 2.66. The first-order valence-corrected chi connectivity index (χ1v) is 9.18. The molecule has 1 atom stereocenters. The second kappa shape index (κ2) is 14.1. The summed E-state index contributed by atoms with van der Waals surface area (Å²) in [6, 6.07) is 17.6. The van der Waals surface area contributed by atoms with Crippen LogP contribution >= 0.6 is 0 Å². The number of carbonyl (C=O) groups excluding carboxylic acids is 1. The van der Waals surface area contributed by atoms with Gasteiger partial charge in [-0.25, -0.2) is 4.79 Å². The van der Waals surface area contributed by atoms with Gasteiger partial charge < -0.3 is 4.74 Å². The molecular weight excluding hydrogens is 310 g/mol. The number of ether oxygens (including phenoxy) is 1. The van der Waals surface area contributed by atoms with Crippen molar-refractivity contribution in [2.45, 2.75) is 48.0 Å². The van der Waals surface area contributed by atoms with Gasteiger partial charge in [0.2, 0.25) is 0 Å². The molecule has 0 heterocycles. The van der Waals surface area contributed by atoms with E-state index in [1.165, 1.54) is 11.1 Å². The molecule has 1 amide bonds. The number of hydrogen-bond acceptors (Lipinski definition) is 2. The molecule has 2 rings (SSSR count). The Balaban J connectivity index is 0.00000134. The van der Waals surface area contributed by atoms with Crippen molar-refractivity contribution in [2.24, 2.45) is 5.92 Å². The summed E-state index contributed by atoms with van der Waals surface area (Å²) in [4.78, 5) is 11.7. The van der Waals surface area contributed by atoms with Gasteiger partial charge in [-0.1, -0.05) is 77.1 Å². The van der Waals surface area contributed by atoms with Crippen molar-refractivity contribution in [1.82, 2.24) is 0 Å². The number of rotatable bonds is 5. The summed E-state index contributed by atoms with van der Waals surface area (Å²) in [6.07, 6.45) is 0.503. The van der Waals surface area contributed by atoms with Gasteiger partial charge in [0.25, 0.3) is 0 Å². The van der Waals surface area contributed by atoms with Crippen LogP contribution < -0.4 is 5.32 Å². The van der Waals surface area contributed by atoms with Crippen LogP contribution in [-0.2, 0) is 11.2 Å². The lowest BCUT2D eigenvalue weighted by Gasteiger charge is -2.14. The maximum absolute atomic E-state index is 11.7. The maximum atomic E-state index is 11.7. The second-order valence-corrected chi connectivity index (χ2v) is 5.33. The fourth-order valence-electron chi connectivity index (χ4n) is 2.17. The zero-order chi connectivity index (χ0) is 19.1. The quantitative estimate of drug-likeness (QED) is 0.675. The third kappa shape index (κ3) is 9.55. The van der Waals surface area contributed by atoms with Crippen LogP contribution in [0.5, 0.6) is 0 Å². The molecule has 1 N–H and O–H groups in total. The molecule has 1 unspecified atom stereocenters. The monoisotopic (exact) mass is 343 g/mol. The standard InChI is InChI=1S/C18H21NO2.2C2H6/c1-14(12-16-9-7-6-8-15(16)2)13-21-18(20)19-17-10-4-3-5-11-17;2*1-2/h3-11,14H,12-13H2,1-2H3,(H,19,20);2*1-2H3. The topological polar surface area (TPSA) is 38.3 Å². The third-order valence-corrected chi connectivity index (χ3v) is 3.35. The fraction of sp³-hybridized carbons (Fsp3) is 0.409. The van der Waals surface area contributed by atoms with Crippen molar-refractivity contribution < 1.29 is 9.53 Å².